The van der Waals surface area contributed by atoms with Crippen LogP contribution in [0.1, 0.15) is 27.9 Å². The van der Waals surface area contributed by atoms with Crippen LogP contribution in [-0.2, 0) is 13.0 Å². The molecular weight excluding hydrogens is 348 g/mol. The van der Waals surface area contributed by atoms with Crippen LogP contribution < -0.4 is 10.1 Å². The molecule has 1 aliphatic rings. The molecule has 6 heteroatoms. The molecule has 1 amide bonds. The molecule has 0 bridgehead atoms. The third kappa shape index (κ3) is 3.34. The lowest BCUT2D eigenvalue weighted by Gasteiger charge is -2.25. The Morgan fingerprint density at radius 2 is 2.27 bits per heavy atom. The Morgan fingerprint density at radius 3 is 3.08 bits per heavy atom. The Hall–Kier alpha value is -2.31. The first-order valence-electron chi connectivity index (χ1n) is 8.96. The lowest BCUT2D eigenvalue weighted by molar-refractivity contribution is 0.0950. The Kier molecular flexibility index (Phi) is 4.95. The molecule has 3 heterocycles. The zero-order chi connectivity index (χ0) is 17.9. The minimum Gasteiger partial charge on any atom is -0.490 e. The first-order chi connectivity index (χ1) is 12.8. The molecule has 0 unspecified atom stereocenters. The van der Waals surface area contributed by atoms with Crippen LogP contribution in [0.15, 0.2) is 40.1 Å². The summed E-state index contributed by atoms with van der Waals surface area (Å²) in [7, 11) is 0. The van der Waals surface area contributed by atoms with Gasteiger partial charge in [0.25, 0.3) is 5.91 Å². The summed E-state index contributed by atoms with van der Waals surface area (Å²) in [6.45, 7) is 5.79. The van der Waals surface area contributed by atoms with Crippen LogP contribution in [0.3, 0.4) is 0 Å². The fourth-order valence-corrected chi connectivity index (χ4v) is 4.07. The van der Waals surface area contributed by atoms with Crippen molar-refractivity contribution in [1.82, 2.24) is 10.2 Å². The fraction of sp³-hybridized carbons (Fsp3) is 0.350. The number of carbonyl (C=O) groups excluding carboxylic acids is 1. The topological polar surface area (TPSA) is 54.7 Å². The minimum atomic E-state index is 0.00258. The Bertz CT molecular complexity index is 901. The predicted molar refractivity (Wildman–Crippen MR) is 103 cm³/mol. The second kappa shape index (κ2) is 7.51. The summed E-state index contributed by atoms with van der Waals surface area (Å²) in [6, 6.07) is 9.83. The Labute approximate surface area is 156 Å². The number of nitrogens with one attached hydrogen (secondary N) is 1. The smallest absolute Gasteiger partial charge is 0.261 e. The van der Waals surface area contributed by atoms with Crippen LogP contribution in [0.5, 0.6) is 5.75 Å². The van der Waals surface area contributed by atoms with Crippen molar-refractivity contribution in [3.63, 3.8) is 0 Å². The SMILES string of the molecule is CCOc1cccc2c3c(oc12)CN(CCNC(=O)c1cccs1)CC3. The number of thiophene rings is 1. The maximum atomic E-state index is 12.0. The van der Waals surface area contributed by atoms with Crippen LogP contribution in [0.25, 0.3) is 11.0 Å². The molecule has 0 saturated carbocycles. The normalized spacial score (nSPS) is 14.3. The number of rotatable bonds is 6. The molecule has 0 spiro atoms. The molecule has 1 aliphatic heterocycles. The van der Waals surface area contributed by atoms with E-state index < -0.39 is 0 Å². The van der Waals surface area contributed by atoms with Crippen LogP contribution in [-0.4, -0.2) is 37.0 Å². The summed E-state index contributed by atoms with van der Waals surface area (Å²) in [5.74, 6) is 1.83. The summed E-state index contributed by atoms with van der Waals surface area (Å²) in [5.41, 5.74) is 2.15. The molecular formula is C20H22N2O3S. The van der Waals surface area contributed by atoms with E-state index in [1.807, 2.05) is 36.6 Å². The largest absolute Gasteiger partial charge is 0.490 e. The molecule has 0 radical (unpaired) electrons. The van der Waals surface area contributed by atoms with Gasteiger partial charge in [-0.1, -0.05) is 18.2 Å². The second-order valence-electron chi connectivity index (χ2n) is 6.33. The summed E-state index contributed by atoms with van der Waals surface area (Å²) < 4.78 is 11.8. The van der Waals surface area contributed by atoms with Crippen molar-refractivity contribution in [1.29, 1.82) is 0 Å². The first-order valence-corrected chi connectivity index (χ1v) is 9.84. The summed E-state index contributed by atoms with van der Waals surface area (Å²) in [4.78, 5) is 15.1. The van der Waals surface area contributed by atoms with Crippen molar-refractivity contribution < 1.29 is 13.9 Å². The third-order valence-corrected chi connectivity index (χ3v) is 5.54. The molecule has 0 fully saturated rings. The number of para-hydroxylation sites is 1. The number of carbonyl (C=O) groups is 1. The van der Waals surface area contributed by atoms with E-state index in [0.29, 0.717) is 13.2 Å². The number of hydrogen-bond donors (Lipinski definition) is 1. The van der Waals surface area contributed by atoms with E-state index in [1.54, 1.807) is 0 Å². The number of benzene rings is 1. The maximum Gasteiger partial charge on any atom is 0.261 e. The van der Waals surface area contributed by atoms with Crippen LogP contribution in [0.4, 0.5) is 0 Å². The second-order valence-corrected chi connectivity index (χ2v) is 7.28. The van der Waals surface area contributed by atoms with E-state index in [9.17, 15) is 4.79 Å². The molecule has 1 aromatic carbocycles. The van der Waals surface area contributed by atoms with E-state index >= 15 is 0 Å². The summed E-state index contributed by atoms with van der Waals surface area (Å²) >= 11 is 1.46. The molecule has 0 aliphatic carbocycles. The zero-order valence-corrected chi connectivity index (χ0v) is 15.6. The number of furan rings is 1. The highest BCUT2D eigenvalue weighted by Crippen LogP contribution is 2.35. The highest BCUT2D eigenvalue weighted by Gasteiger charge is 2.23. The predicted octanol–water partition coefficient (Wildman–Crippen LogP) is 3.68. The van der Waals surface area contributed by atoms with Crippen molar-refractivity contribution in [2.24, 2.45) is 0 Å². The van der Waals surface area contributed by atoms with Gasteiger partial charge < -0.3 is 14.5 Å². The lowest BCUT2D eigenvalue weighted by Crippen LogP contribution is -2.37. The van der Waals surface area contributed by atoms with Gasteiger partial charge in [-0.05, 0) is 30.9 Å². The highest BCUT2D eigenvalue weighted by molar-refractivity contribution is 7.12. The molecule has 26 heavy (non-hydrogen) atoms. The Balaban J connectivity index is 1.40. The van der Waals surface area contributed by atoms with Gasteiger partial charge in [0.1, 0.15) is 5.76 Å². The van der Waals surface area contributed by atoms with Gasteiger partial charge in [-0.25, -0.2) is 0 Å². The van der Waals surface area contributed by atoms with Crippen molar-refractivity contribution in [2.75, 3.05) is 26.2 Å². The molecule has 1 N–H and O–H groups in total. The highest BCUT2D eigenvalue weighted by atomic mass is 32.1. The van der Waals surface area contributed by atoms with E-state index in [1.165, 1.54) is 16.9 Å². The fourth-order valence-electron chi connectivity index (χ4n) is 3.43. The molecule has 2 aromatic heterocycles. The lowest BCUT2D eigenvalue weighted by atomic mass is 10.0. The average Bonchev–Trinajstić information content (AvgIpc) is 3.30. The van der Waals surface area contributed by atoms with Crippen molar-refractivity contribution in [3.05, 3.63) is 51.9 Å². The van der Waals surface area contributed by atoms with Gasteiger partial charge in [0.05, 0.1) is 18.0 Å². The average molecular weight is 370 g/mol. The zero-order valence-electron chi connectivity index (χ0n) is 14.8. The van der Waals surface area contributed by atoms with E-state index in [4.69, 9.17) is 9.15 Å². The number of amides is 1. The van der Waals surface area contributed by atoms with Gasteiger partial charge in [-0.15, -0.1) is 11.3 Å². The quantitative estimate of drug-likeness (QED) is 0.719. The van der Waals surface area contributed by atoms with Crippen LogP contribution in [0.2, 0.25) is 0 Å². The third-order valence-electron chi connectivity index (χ3n) is 4.67. The van der Waals surface area contributed by atoms with Gasteiger partial charge in [-0.3, -0.25) is 9.69 Å². The summed E-state index contributed by atoms with van der Waals surface area (Å²) in [6.07, 6.45) is 0.955. The van der Waals surface area contributed by atoms with Crippen molar-refractivity contribution >= 4 is 28.2 Å². The number of ether oxygens (including phenoxy) is 1. The van der Waals surface area contributed by atoms with E-state index in [0.717, 1.165) is 53.4 Å². The summed E-state index contributed by atoms with van der Waals surface area (Å²) in [5, 5.41) is 6.07. The number of fused-ring (bicyclic) bond motifs is 3. The first kappa shape index (κ1) is 17.1. The van der Waals surface area contributed by atoms with Gasteiger partial charge in [-0.2, -0.15) is 0 Å². The van der Waals surface area contributed by atoms with E-state index in [-0.39, 0.29) is 5.91 Å². The van der Waals surface area contributed by atoms with Gasteiger partial charge in [0.2, 0.25) is 0 Å². The van der Waals surface area contributed by atoms with Gasteiger partial charge in [0.15, 0.2) is 11.3 Å². The maximum absolute atomic E-state index is 12.0. The molecule has 3 aromatic rings. The van der Waals surface area contributed by atoms with Crippen LogP contribution in [0, 0.1) is 0 Å². The minimum absolute atomic E-state index is 0.00258. The van der Waals surface area contributed by atoms with Crippen molar-refractivity contribution in [3.8, 4) is 5.75 Å². The van der Waals surface area contributed by atoms with Crippen molar-refractivity contribution in [2.45, 2.75) is 19.9 Å². The monoisotopic (exact) mass is 370 g/mol. The van der Waals surface area contributed by atoms with Gasteiger partial charge in [0, 0.05) is 30.6 Å². The van der Waals surface area contributed by atoms with Gasteiger partial charge >= 0.3 is 0 Å². The molecule has 4 rings (SSSR count). The molecule has 0 saturated heterocycles. The molecule has 5 nitrogen and oxygen atoms in total. The Morgan fingerprint density at radius 1 is 1.35 bits per heavy atom. The molecule has 0 atom stereocenters. The molecule has 136 valence electrons. The standard InChI is InChI=1S/C20H22N2O3S/c1-2-24-16-6-3-5-15-14-8-10-22(13-17(14)25-19(15)16)11-9-21-20(23)18-7-4-12-26-18/h3-7,12H,2,8-11,13H2,1H3,(H,21,23). The van der Waals surface area contributed by atoms with Crippen LogP contribution >= 0.6 is 11.3 Å². The number of hydrogen-bond acceptors (Lipinski definition) is 5. The number of nitrogens with zero attached hydrogens (tertiary/aromatic N) is 1. The van der Waals surface area contributed by atoms with E-state index in [2.05, 4.69) is 16.3 Å².